The minimum absolute atomic E-state index is 0.00896. The van der Waals surface area contributed by atoms with E-state index in [0.717, 1.165) is 23.4 Å². The number of amides is 2. The van der Waals surface area contributed by atoms with Crippen LogP contribution in [0.3, 0.4) is 0 Å². The molecule has 0 saturated carbocycles. The molecule has 0 radical (unpaired) electrons. The molecule has 5 nitrogen and oxygen atoms in total. The predicted octanol–water partition coefficient (Wildman–Crippen LogP) is 2.83. The number of nitrogens with zero attached hydrogens (tertiary/aromatic N) is 1. The van der Waals surface area contributed by atoms with Gasteiger partial charge in [0.15, 0.2) is 0 Å². The van der Waals surface area contributed by atoms with Crippen LogP contribution in [-0.4, -0.2) is 23.3 Å². The Bertz CT molecular complexity index is 694. The first-order valence-electron chi connectivity index (χ1n) is 7.86. The molecule has 23 heavy (non-hydrogen) atoms. The van der Waals surface area contributed by atoms with Gasteiger partial charge in [0.2, 0.25) is 11.8 Å². The number of benzene rings is 1. The number of carbonyl (C=O) groups is 2. The molecule has 1 unspecified atom stereocenters. The summed E-state index contributed by atoms with van der Waals surface area (Å²) >= 11 is 0. The molecule has 5 heteroatoms. The summed E-state index contributed by atoms with van der Waals surface area (Å²) in [6.07, 6.45) is 2.69. The van der Waals surface area contributed by atoms with Crippen LogP contribution in [0, 0.1) is 5.92 Å². The summed E-state index contributed by atoms with van der Waals surface area (Å²) in [6.45, 7) is 2.90. The zero-order chi connectivity index (χ0) is 16.2. The zero-order valence-corrected chi connectivity index (χ0v) is 13.1. The highest BCUT2D eigenvalue weighted by Gasteiger charge is 2.34. The van der Waals surface area contributed by atoms with E-state index in [4.69, 9.17) is 4.42 Å². The van der Waals surface area contributed by atoms with E-state index in [-0.39, 0.29) is 24.2 Å². The van der Waals surface area contributed by atoms with Crippen LogP contribution in [0.4, 0.5) is 5.69 Å². The van der Waals surface area contributed by atoms with Crippen LogP contribution in [-0.2, 0) is 22.6 Å². The zero-order valence-electron chi connectivity index (χ0n) is 13.1. The van der Waals surface area contributed by atoms with Crippen molar-refractivity contribution < 1.29 is 14.0 Å². The van der Waals surface area contributed by atoms with Crippen LogP contribution in [0.2, 0.25) is 0 Å². The van der Waals surface area contributed by atoms with Crippen molar-refractivity contribution in [3.63, 3.8) is 0 Å². The van der Waals surface area contributed by atoms with Gasteiger partial charge >= 0.3 is 0 Å². The number of aryl methyl sites for hydroxylation is 1. The van der Waals surface area contributed by atoms with Gasteiger partial charge in [-0.05, 0) is 30.2 Å². The first-order valence-corrected chi connectivity index (χ1v) is 7.86. The van der Waals surface area contributed by atoms with Gasteiger partial charge in [-0.15, -0.1) is 0 Å². The van der Waals surface area contributed by atoms with Gasteiger partial charge in [0.05, 0.1) is 18.7 Å². The molecule has 2 amide bonds. The van der Waals surface area contributed by atoms with E-state index in [2.05, 4.69) is 12.2 Å². The Labute approximate surface area is 135 Å². The Kier molecular flexibility index (Phi) is 4.46. The second kappa shape index (κ2) is 6.69. The molecular formula is C18H20N2O3. The maximum Gasteiger partial charge on any atom is 0.229 e. The first kappa shape index (κ1) is 15.3. The molecule has 1 saturated heterocycles. The third-order valence-corrected chi connectivity index (χ3v) is 4.17. The van der Waals surface area contributed by atoms with E-state index in [1.54, 1.807) is 17.2 Å². The topological polar surface area (TPSA) is 62.6 Å². The number of anilines is 1. The summed E-state index contributed by atoms with van der Waals surface area (Å²) in [6, 6.07) is 11.4. The van der Waals surface area contributed by atoms with Crippen LogP contribution in [0.15, 0.2) is 47.1 Å². The average Bonchev–Trinajstić information content (AvgIpc) is 3.19. The van der Waals surface area contributed by atoms with Crippen molar-refractivity contribution in [3.8, 4) is 0 Å². The molecule has 0 spiro atoms. The highest BCUT2D eigenvalue weighted by Crippen LogP contribution is 2.23. The molecule has 1 N–H and O–H groups in total. The van der Waals surface area contributed by atoms with Gasteiger partial charge < -0.3 is 14.6 Å². The fourth-order valence-electron chi connectivity index (χ4n) is 2.88. The molecule has 1 atom stereocenters. The number of furan rings is 1. The van der Waals surface area contributed by atoms with Crippen LogP contribution in [0.1, 0.15) is 24.7 Å². The van der Waals surface area contributed by atoms with E-state index in [0.29, 0.717) is 13.1 Å². The first-order chi connectivity index (χ1) is 11.2. The predicted molar refractivity (Wildman–Crippen MR) is 86.7 cm³/mol. The minimum Gasteiger partial charge on any atom is -0.467 e. The standard InChI is InChI=1S/C18H20N2O3/c1-2-13-6-3-4-8-16(13)19-18(22)14-10-17(21)20(11-14)12-15-7-5-9-23-15/h3-9,14H,2,10-12H2,1H3,(H,19,22). The number of hydrogen-bond donors (Lipinski definition) is 1. The lowest BCUT2D eigenvalue weighted by molar-refractivity contribution is -0.128. The highest BCUT2D eigenvalue weighted by atomic mass is 16.3. The van der Waals surface area contributed by atoms with Crippen molar-refractivity contribution in [3.05, 3.63) is 54.0 Å². The SMILES string of the molecule is CCc1ccccc1NC(=O)C1CC(=O)N(Cc2ccco2)C1. The quantitative estimate of drug-likeness (QED) is 0.923. The molecular weight excluding hydrogens is 292 g/mol. The molecule has 1 aliphatic heterocycles. The van der Waals surface area contributed by atoms with Crippen LogP contribution in [0.5, 0.6) is 0 Å². The Hall–Kier alpha value is -2.56. The lowest BCUT2D eigenvalue weighted by atomic mass is 10.1. The number of likely N-dealkylation sites (tertiary alicyclic amines) is 1. The van der Waals surface area contributed by atoms with Gasteiger partial charge in [-0.2, -0.15) is 0 Å². The smallest absolute Gasteiger partial charge is 0.229 e. The van der Waals surface area contributed by atoms with E-state index < -0.39 is 0 Å². The summed E-state index contributed by atoms with van der Waals surface area (Å²) in [5.41, 5.74) is 1.93. The number of rotatable bonds is 5. The molecule has 0 bridgehead atoms. The maximum absolute atomic E-state index is 12.5. The van der Waals surface area contributed by atoms with E-state index >= 15 is 0 Å². The lowest BCUT2D eigenvalue weighted by Gasteiger charge is -2.16. The molecule has 120 valence electrons. The van der Waals surface area contributed by atoms with Crippen molar-refractivity contribution >= 4 is 17.5 Å². The van der Waals surface area contributed by atoms with Crippen LogP contribution >= 0.6 is 0 Å². The van der Waals surface area contributed by atoms with Crippen molar-refractivity contribution in [1.29, 1.82) is 0 Å². The number of nitrogens with one attached hydrogen (secondary N) is 1. The van der Waals surface area contributed by atoms with Crippen molar-refractivity contribution in [2.75, 3.05) is 11.9 Å². The van der Waals surface area contributed by atoms with Gasteiger partial charge in [0, 0.05) is 18.7 Å². The molecule has 1 aromatic heterocycles. The van der Waals surface area contributed by atoms with Crippen molar-refractivity contribution in [2.45, 2.75) is 26.3 Å². The molecule has 1 aliphatic rings. The fourth-order valence-corrected chi connectivity index (χ4v) is 2.88. The second-order valence-corrected chi connectivity index (χ2v) is 5.75. The Morgan fingerprint density at radius 3 is 2.87 bits per heavy atom. The van der Waals surface area contributed by atoms with Crippen LogP contribution < -0.4 is 5.32 Å². The second-order valence-electron chi connectivity index (χ2n) is 5.75. The molecule has 1 fully saturated rings. The van der Waals surface area contributed by atoms with Gasteiger partial charge in [-0.1, -0.05) is 25.1 Å². The molecule has 2 aromatic rings. The normalized spacial score (nSPS) is 17.5. The highest BCUT2D eigenvalue weighted by molar-refractivity contribution is 5.97. The Balaban J connectivity index is 1.63. The van der Waals surface area contributed by atoms with Gasteiger partial charge in [-0.25, -0.2) is 0 Å². The lowest BCUT2D eigenvalue weighted by Crippen LogP contribution is -2.28. The Morgan fingerprint density at radius 2 is 2.13 bits per heavy atom. The van der Waals surface area contributed by atoms with Crippen molar-refractivity contribution in [1.82, 2.24) is 4.90 Å². The minimum atomic E-state index is -0.317. The average molecular weight is 312 g/mol. The third kappa shape index (κ3) is 3.44. The largest absolute Gasteiger partial charge is 0.467 e. The fraction of sp³-hybridized carbons (Fsp3) is 0.333. The van der Waals surface area contributed by atoms with E-state index in [9.17, 15) is 9.59 Å². The van der Waals surface area contributed by atoms with Gasteiger partial charge in [0.1, 0.15) is 5.76 Å². The number of hydrogen-bond acceptors (Lipinski definition) is 3. The molecule has 0 aliphatic carbocycles. The summed E-state index contributed by atoms with van der Waals surface area (Å²) in [5.74, 6) is 0.310. The number of carbonyl (C=O) groups excluding carboxylic acids is 2. The summed E-state index contributed by atoms with van der Waals surface area (Å²) in [5, 5.41) is 2.96. The summed E-state index contributed by atoms with van der Waals surface area (Å²) in [7, 11) is 0. The van der Waals surface area contributed by atoms with Crippen LogP contribution in [0.25, 0.3) is 0 Å². The summed E-state index contributed by atoms with van der Waals surface area (Å²) < 4.78 is 5.27. The Morgan fingerprint density at radius 1 is 1.30 bits per heavy atom. The van der Waals surface area contributed by atoms with Crippen molar-refractivity contribution in [2.24, 2.45) is 5.92 Å². The monoisotopic (exact) mass is 312 g/mol. The molecule has 3 rings (SSSR count). The van der Waals surface area contributed by atoms with Gasteiger partial charge in [-0.3, -0.25) is 9.59 Å². The maximum atomic E-state index is 12.5. The van der Waals surface area contributed by atoms with E-state index in [1.807, 2.05) is 30.3 Å². The van der Waals surface area contributed by atoms with Gasteiger partial charge in [0.25, 0.3) is 0 Å². The molecule has 2 heterocycles. The molecule has 1 aromatic carbocycles. The summed E-state index contributed by atoms with van der Waals surface area (Å²) in [4.78, 5) is 26.2. The third-order valence-electron chi connectivity index (χ3n) is 4.17. The van der Waals surface area contributed by atoms with E-state index in [1.165, 1.54) is 0 Å². The number of para-hydroxylation sites is 1.